The lowest BCUT2D eigenvalue weighted by molar-refractivity contribution is 0.0736. The summed E-state index contributed by atoms with van der Waals surface area (Å²) in [6.07, 6.45) is 2.30. The molecule has 0 aliphatic heterocycles. The number of carbonyl (C=O) groups is 1. The van der Waals surface area contributed by atoms with Gasteiger partial charge in [0.05, 0.1) is 12.7 Å². The van der Waals surface area contributed by atoms with E-state index in [9.17, 15) is 9.18 Å². The average Bonchev–Trinajstić information content (AvgIpc) is 3.14. The number of nitrogens with zero attached hydrogens (tertiary/aromatic N) is 4. The molecule has 0 bridgehead atoms. The van der Waals surface area contributed by atoms with E-state index in [0.717, 1.165) is 11.1 Å². The molecule has 0 saturated heterocycles. The smallest absolute Gasteiger partial charge is 0.276 e. The first-order valence-corrected chi connectivity index (χ1v) is 8.83. The summed E-state index contributed by atoms with van der Waals surface area (Å²) in [4.78, 5) is 14.6. The minimum Gasteiger partial charge on any atom is -0.333 e. The van der Waals surface area contributed by atoms with Crippen molar-refractivity contribution in [1.29, 1.82) is 0 Å². The van der Waals surface area contributed by atoms with Crippen molar-refractivity contribution < 1.29 is 9.18 Å². The zero-order chi connectivity index (χ0) is 19.1. The highest BCUT2D eigenvalue weighted by Crippen LogP contribution is 2.10. The van der Waals surface area contributed by atoms with Crippen LogP contribution in [0.1, 0.15) is 28.0 Å². The van der Waals surface area contributed by atoms with Gasteiger partial charge in [-0.2, -0.15) is 0 Å². The third-order valence-corrected chi connectivity index (χ3v) is 4.13. The molecule has 1 amide bonds. The Hall–Kier alpha value is -2.77. The molecule has 0 unspecified atom stereocenters. The summed E-state index contributed by atoms with van der Waals surface area (Å²) in [6.45, 7) is 1.88. The molecule has 2 aromatic carbocycles. The lowest BCUT2D eigenvalue weighted by Crippen LogP contribution is -2.32. The largest absolute Gasteiger partial charge is 0.333 e. The van der Waals surface area contributed by atoms with Crippen LogP contribution in [0.15, 0.2) is 60.8 Å². The Morgan fingerprint density at radius 2 is 1.86 bits per heavy atom. The van der Waals surface area contributed by atoms with Crippen LogP contribution in [-0.2, 0) is 13.1 Å². The molecule has 3 rings (SSSR count). The van der Waals surface area contributed by atoms with Gasteiger partial charge in [0.25, 0.3) is 5.91 Å². The molecule has 1 heterocycles. The molecule has 28 heavy (non-hydrogen) atoms. The number of halogens is 2. The summed E-state index contributed by atoms with van der Waals surface area (Å²) >= 11 is 0. The number of carbonyl (C=O) groups excluding carboxylic acids is 1. The Kier molecular flexibility index (Phi) is 8.10. The molecular formula is C20H23ClFN5O. The molecule has 0 atom stereocenters. The van der Waals surface area contributed by atoms with Gasteiger partial charge in [0, 0.05) is 13.1 Å². The molecule has 0 radical (unpaired) electrons. The van der Waals surface area contributed by atoms with Crippen LogP contribution >= 0.6 is 12.4 Å². The van der Waals surface area contributed by atoms with Crippen LogP contribution in [0.5, 0.6) is 0 Å². The van der Waals surface area contributed by atoms with E-state index in [0.29, 0.717) is 32.6 Å². The Morgan fingerprint density at radius 1 is 1.11 bits per heavy atom. The Bertz CT molecular complexity index is 887. The molecular weight excluding hydrogens is 381 g/mol. The second-order valence-electron chi connectivity index (χ2n) is 6.29. The van der Waals surface area contributed by atoms with Crippen molar-refractivity contribution in [2.45, 2.75) is 19.5 Å². The van der Waals surface area contributed by atoms with Gasteiger partial charge in [-0.3, -0.25) is 4.79 Å². The van der Waals surface area contributed by atoms with Crippen LogP contribution in [0, 0.1) is 5.82 Å². The molecule has 2 N–H and O–H groups in total. The van der Waals surface area contributed by atoms with E-state index in [1.807, 2.05) is 30.3 Å². The van der Waals surface area contributed by atoms with Crippen LogP contribution in [0.2, 0.25) is 0 Å². The molecule has 1 aromatic heterocycles. The van der Waals surface area contributed by atoms with Gasteiger partial charge in [0.1, 0.15) is 5.82 Å². The topological polar surface area (TPSA) is 77.0 Å². The first kappa shape index (κ1) is 21.5. The Balaban J connectivity index is 0.00000280. The predicted molar refractivity (Wildman–Crippen MR) is 108 cm³/mol. The van der Waals surface area contributed by atoms with Gasteiger partial charge in [-0.25, -0.2) is 9.07 Å². The minimum atomic E-state index is -0.306. The van der Waals surface area contributed by atoms with Gasteiger partial charge in [-0.15, -0.1) is 17.5 Å². The van der Waals surface area contributed by atoms with Crippen LogP contribution in [-0.4, -0.2) is 38.9 Å². The number of nitrogens with two attached hydrogens (primary N) is 1. The highest BCUT2D eigenvalue weighted by molar-refractivity contribution is 5.91. The van der Waals surface area contributed by atoms with Crippen molar-refractivity contribution in [3.05, 3.63) is 83.4 Å². The average molecular weight is 404 g/mol. The highest BCUT2D eigenvalue weighted by atomic mass is 35.5. The van der Waals surface area contributed by atoms with Crippen molar-refractivity contribution in [2.75, 3.05) is 13.1 Å². The van der Waals surface area contributed by atoms with Crippen LogP contribution < -0.4 is 5.73 Å². The molecule has 0 spiro atoms. The number of benzene rings is 2. The first-order chi connectivity index (χ1) is 13.2. The Morgan fingerprint density at radius 3 is 2.57 bits per heavy atom. The number of amides is 1. The molecule has 3 aromatic rings. The van der Waals surface area contributed by atoms with Gasteiger partial charge in [-0.1, -0.05) is 47.7 Å². The summed E-state index contributed by atoms with van der Waals surface area (Å²) in [5.41, 5.74) is 7.66. The van der Waals surface area contributed by atoms with Crippen LogP contribution in [0.4, 0.5) is 4.39 Å². The third kappa shape index (κ3) is 5.87. The van der Waals surface area contributed by atoms with Crippen LogP contribution in [0.25, 0.3) is 0 Å². The van der Waals surface area contributed by atoms with E-state index in [4.69, 9.17) is 5.73 Å². The van der Waals surface area contributed by atoms with E-state index in [1.54, 1.807) is 23.2 Å². The lowest BCUT2D eigenvalue weighted by atomic mass is 10.2. The first-order valence-electron chi connectivity index (χ1n) is 8.83. The van der Waals surface area contributed by atoms with E-state index in [-0.39, 0.29) is 29.8 Å². The van der Waals surface area contributed by atoms with Crippen LogP contribution in [0.3, 0.4) is 0 Å². The SMILES string of the molecule is Cl.NCCCN(Cc1ccccc1)C(=O)c1cn(Cc2cccc(F)c2)nn1. The van der Waals surface area contributed by atoms with Gasteiger partial charge in [0.15, 0.2) is 5.69 Å². The lowest BCUT2D eigenvalue weighted by Gasteiger charge is -2.21. The second kappa shape index (κ2) is 10.5. The molecule has 148 valence electrons. The normalized spacial score (nSPS) is 10.4. The minimum absolute atomic E-state index is 0. The summed E-state index contributed by atoms with van der Waals surface area (Å²) < 4.78 is 14.9. The number of rotatable bonds is 8. The fourth-order valence-electron chi connectivity index (χ4n) is 2.80. The zero-order valence-corrected chi connectivity index (χ0v) is 16.2. The van der Waals surface area contributed by atoms with Gasteiger partial charge >= 0.3 is 0 Å². The molecule has 6 nitrogen and oxygen atoms in total. The third-order valence-electron chi connectivity index (χ3n) is 4.13. The van der Waals surface area contributed by atoms with Crippen molar-refractivity contribution >= 4 is 18.3 Å². The number of hydrogen-bond donors (Lipinski definition) is 1. The Labute approximate surface area is 169 Å². The molecule has 0 aliphatic carbocycles. The molecule has 0 aliphatic rings. The predicted octanol–water partition coefficient (Wildman–Crippen LogP) is 2.88. The molecule has 0 saturated carbocycles. The van der Waals surface area contributed by atoms with Gasteiger partial charge in [-0.05, 0) is 36.2 Å². The van der Waals surface area contributed by atoms with E-state index in [2.05, 4.69) is 10.3 Å². The quantitative estimate of drug-likeness (QED) is 0.627. The maximum absolute atomic E-state index is 13.3. The highest BCUT2D eigenvalue weighted by Gasteiger charge is 2.19. The summed E-state index contributed by atoms with van der Waals surface area (Å²) in [5.74, 6) is -0.502. The fourth-order valence-corrected chi connectivity index (χ4v) is 2.80. The van der Waals surface area contributed by atoms with Crippen molar-refractivity contribution in [3.8, 4) is 0 Å². The summed E-state index contributed by atoms with van der Waals surface area (Å²) in [6, 6.07) is 16.0. The zero-order valence-electron chi connectivity index (χ0n) is 15.4. The van der Waals surface area contributed by atoms with Gasteiger partial charge in [0.2, 0.25) is 0 Å². The van der Waals surface area contributed by atoms with Gasteiger partial charge < -0.3 is 10.6 Å². The molecule has 8 heteroatoms. The van der Waals surface area contributed by atoms with Crippen molar-refractivity contribution in [2.24, 2.45) is 5.73 Å². The summed E-state index contributed by atoms with van der Waals surface area (Å²) in [5, 5.41) is 8.01. The summed E-state index contributed by atoms with van der Waals surface area (Å²) in [7, 11) is 0. The van der Waals surface area contributed by atoms with E-state index in [1.165, 1.54) is 16.8 Å². The maximum Gasteiger partial charge on any atom is 0.276 e. The maximum atomic E-state index is 13.3. The number of aromatic nitrogens is 3. The second-order valence-corrected chi connectivity index (χ2v) is 6.29. The van der Waals surface area contributed by atoms with E-state index >= 15 is 0 Å². The van der Waals surface area contributed by atoms with E-state index < -0.39 is 0 Å². The fraction of sp³-hybridized carbons (Fsp3) is 0.250. The monoisotopic (exact) mass is 403 g/mol. The molecule has 0 fully saturated rings. The standard InChI is InChI=1S/C20H22FN5O.ClH/c21-18-9-4-8-17(12-18)14-26-15-19(23-24-26)20(27)25(11-5-10-22)13-16-6-2-1-3-7-16;/h1-4,6-9,12,15H,5,10-11,13-14,22H2;1H. The number of hydrogen-bond acceptors (Lipinski definition) is 4. The van der Waals surface area contributed by atoms with Crippen molar-refractivity contribution in [3.63, 3.8) is 0 Å². The van der Waals surface area contributed by atoms with Crippen molar-refractivity contribution in [1.82, 2.24) is 19.9 Å².